The fourth-order valence-electron chi connectivity index (χ4n) is 1.02. The van der Waals surface area contributed by atoms with E-state index in [9.17, 15) is 4.79 Å². The van der Waals surface area contributed by atoms with E-state index < -0.39 is 0 Å². The normalized spacial score (nSPS) is 10.2. The zero-order chi connectivity index (χ0) is 10.7. The van der Waals surface area contributed by atoms with E-state index in [1.54, 1.807) is 12.3 Å². The van der Waals surface area contributed by atoms with Crippen LogP contribution in [0.1, 0.15) is 5.76 Å². The lowest BCUT2D eigenvalue weighted by atomic mass is 10.4. The second kappa shape index (κ2) is 4.26. The molecule has 0 aliphatic heterocycles. The standard InChI is InChI=1S/C8H7BrN4O2/c9-7-6(4-11-13-8(7)14)10-3-5-1-2-12-15-5/h1-2,4H,3H2,(H2,10,13,14). The molecule has 0 unspecified atom stereocenters. The number of rotatable bonds is 3. The molecular weight excluding hydrogens is 264 g/mol. The van der Waals surface area contributed by atoms with Crippen LogP contribution in [0, 0.1) is 0 Å². The van der Waals surface area contributed by atoms with Crippen molar-refractivity contribution in [3.8, 4) is 0 Å². The lowest BCUT2D eigenvalue weighted by Gasteiger charge is -2.03. The monoisotopic (exact) mass is 270 g/mol. The minimum absolute atomic E-state index is 0.280. The molecule has 2 N–H and O–H groups in total. The van der Waals surface area contributed by atoms with E-state index in [-0.39, 0.29) is 5.56 Å². The first-order chi connectivity index (χ1) is 7.27. The predicted molar refractivity (Wildman–Crippen MR) is 56.4 cm³/mol. The quantitative estimate of drug-likeness (QED) is 0.874. The molecule has 0 amide bonds. The minimum Gasteiger partial charge on any atom is -0.375 e. The highest BCUT2D eigenvalue weighted by atomic mass is 79.9. The van der Waals surface area contributed by atoms with E-state index in [1.807, 2.05) is 0 Å². The van der Waals surface area contributed by atoms with Crippen molar-refractivity contribution >= 4 is 21.6 Å². The van der Waals surface area contributed by atoms with E-state index in [4.69, 9.17) is 4.52 Å². The van der Waals surface area contributed by atoms with Gasteiger partial charge in [-0.2, -0.15) is 5.10 Å². The van der Waals surface area contributed by atoms with Crippen LogP contribution < -0.4 is 10.9 Å². The van der Waals surface area contributed by atoms with Crippen LogP contribution in [0.3, 0.4) is 0 Å². The van der Waals surface area contributed by atoms with Crippen molar-refractivity contribution < 1.29 is 4.52 Å². The number of hydrogen-bond acceptors (Lipinski definition) is 5. The summed E-state index contributed by atoms with van der Waals surface area (Å²) in [5.41, 5.74) is 0.327. The summed E-state index contributed by atoms with van der Waals surface area (Å²) >= 11 is 3.15. The SMILES string of the molecule is O=c1[nH]ncc(NCc2ccno2)c1Br. The third kappa shape index (κ3) is 2.24. The number of anilines is 1. The van der Waals surface area contributed by atoms with Gasteiger partial charge in [-0.25, -0.2) is 5.10 Å². The molecular formula is C8H7BrN4O2. The number of aromatic nitrogens is 3. The van der Waals surface area contributed by atoms with Gasteiger partial charge in [0.25, 0.3) is 5.56 Å². The largest absolute Gasteiger partial charge is 0.375 e. The smallest absolute Gasteiger partial charge is 0.280 e. The van der Waals surface area contributed by atoms with Gasteiger partial charge in [-0.3, -0.25) is 4.79 Å². The summed E-state index contributed by atoms with van der Waals surface area (Å²) in [5.74, 6) is 0.683. The first-order valence-corrected chi connectivity index (χ1v) is 4.93. The minimum atomic E-state index is -0.280. The molecule has 0 spiro atoms. The Morgan fingerprint density at radius 2 is 2.47 bits per heavy atom. The Balaban J connectivity index is 2.12. The lowest BCUT2D eigenvalue weighted by Crippen LogP contribution is -2.11. The lowest BCUT2D eigenvalue weighted by molar-refractivity contribution is 0.388. The molecule has 0 aliphatic rings. The molecule has 78 valence electrons. The van der Waals surface area contributed by atoms with Crippen LogP contribution >= 0.6 is 15.9 Å². The van der Waals surface area contributed by atoms with Gasteiger partial charge in [-0.15, -0.1) is 0 Å². The summed E-state index contributed by atoms with van der Waals surface area (Å²) in [4.78, 5) is 11.2. The van der Waals surface area contributed by atoms with Crippen molar-refractivity contribution in [2.45, 2.75) is 6.54 Å². The Kier molecular flexibility index (Phi) is 2.82. The third-order valence-corrected chi connectivity index (χ3v) is 2.53. The molecule has 0 bridgehead atoms. The van der Waals surface area contributed by atoms with Crippen molar-refractivity contribution in [1.29, 1.82) is 0 Å². The van der Waals surface area contributed by atoms with Crippen LogP contribution in [-0.4, -0.2) is 15.4 Å². The molecule has 15 heavy (non-hydrogen) atoms. The fraction of sp³-hybridized carbons (Fsp3) is 0.125. The highest BCUT2D eigenvalue weighted by Gasteiger charge is 2.04. The van der Waals surface area contributed by atoms with Crippen LogP contribution in [0.4, 0.5) is 5.69 Å². The number of nitrogens with zero attached hydrogens (tertiary/aromatic N) is 2. The Morgan fingerprint density at radius 3 is 3.20 bits per heavy atom. The molecule has 0 saturated carbocycles. The Hall–Kier alpha value is -1.63. The summed E-state index contributed by atoms with van der Waals surface area (Å²) in [6.45, 7) is 0.448. The molecule has 6 nitrogen and oxygen atoms in total. The highest BCUT2D eigenvalue weighted by Crippen LogP contribution is 2.16. The van der Waals surface area contributed by atoms with E-state index in [0.29, 0.717) is 22.5 Å². The number of halogens is 1. The zero-order valence-electron chi connectivity index (χ0n) is 7.53. The maximum atomic E-state index is 11.2. The van der Waals surface area contributed by atoms with Gasteiger partial charge in [-0.05, 0) is 15.9 Å². The van der Waals surface area contributed by atoms with Crippen LogP contribution in [0.15, 0.2) is 32.3 Å². The van der Waals surface area contributed by atoms with Crippen LogP contribution in [0.25, 0.3) is 0 Å². The first kappa shape index (κ1) is 9.91. The summed E-state index contributed by atoms with van der Waals surface area (Å²) < 4.78 is 5.31. The van der Waals surface area contributed by atoms with E-state index in [0.717, 1.165) is 0 Å². The average Bonchev–Trinajstić information content (AvgIpc) is 2.73. The van der Waals surface area contributed by atoms with E-state index >= 15 is 0 Å². The molecule has 2 heterocycles. The highest BCUT2D eigenvalue weighted by molar-refractivity contribution is 9.10. The van der Waals surface area contributed by atoms with Crippen LogP contribution in [0.5, 0.6) is 0 Å². The molecule has 7 heteroatoms. The van der Waals surface area contributed by atoms with Crippen molar-refractivity contribution in [2.75, 3.05) is 5.32 Å². The molecule has 2 aromatic rings. The van der Waals surface area contributed by atoms with E-state index in [1.165, 1.54) is 6.20 Å². The molecule has 0 saturated heterocycles. The Morgan fingerprint density at radius 1 is 1.60 bits per heavy atom. The molecule has 2 rings (SSSR count). The van der Waals surface area contributed by atoms with Crippen molar-refractivity contribution in [3.63, 3.8) is 0 Å². The van der Waals surface area contributed by atoms with Gasteiger partial charge in [0, 0.05) is 6.07 Å². The van der Waals surface area contributed by atoms with Gasteiger partial charge in [0.05, 0.1) is 24.6 Å². The molecule has 0 atom stereocenters. The van der Waals surface area contributed by atoms with Gasteiger partial charge < -0.3 is 9.84 Å². The van der Waals surface area contributed by atoms with Gasteiger partial charge >= 0.3 is 0 Å². The third-order valence-electron chi connectivity index (χ3n) is 1.74. The van der Waals surface area contributed by atoms with Gasteiger partial charge in [-0.1, -0.05) is 5.16 Å². The van der Waals surface area contributed by atoms with Gasteiger partial charge in [0.1, 0.15) is 4.47 Å². The second-order valence-electron chi connectivity index (χ2n) is 2.76. The van der Waals surface area contributed by atoms with Crippen LogP contribution in [-0.2, 0) is 6.54 Å². The Bertz CT molecular complexity index is 494. The number of H-pyrrole nitrogens is 1. The second-order valence-corrected chi connectivity index (χ2v) is 3.55. The zero-order valence-corrected chi connectivity index (χ0v) is 9.11. The van der Waals surface area contributed by atoms with E-state index in [2.05, 4.69) is 36.6 Å². The summed E-state index contributed by atoms with van der Waals surface area (Å²) in [5, 5.41) is 12.5. The molecule has 0 aliphatic carbocycles. The van der Waals surface area contributed by atoms with Crippen molar-refractivity contribution in [2.24, 2.45) is 0 Å². The maximum absolute atomic E-state index is 11.2. The summed E-state index contributed by atoms with van der Waals surface area (Å²) in [7, 11) is 0. The molecule has 0 fully saturated rings. The number of nitrogens with one attached hydrogen (secondary N) is 2. The van der Waals surface area contributed by atoms with Gasteiger partial charge in [0.15, 0.2) is 5.76 Å². The fourth-order valence-corrected chi connectivity index (χ4v) is 1.35. The van der Waals surface area contributed by atoms with Gasteiger partial charge in [0.2, 0.25) is 0 Å². The van der Waals surface area contributed by atoms with Crippen molar-refractivity contribution in [3.05, 3.63) is 39.0 Å². The average molecular weight is 271 g/mol. The molecule has 0 aromatic carbocycles. The topological polar surface area (TPSA) is 83.8 Å². The number of aromatic amines is 1. The molecule has 2 aromatic heterocycles. The molecule has 0 radical (unpaired) electrons. The van der Waals surface area contributed by atoms with Crippen molar-refractivity contribution in [1.82, 2.24) is 15.4 Å². The predicted octanol–water partition coefficient (Wildman–Crippen LogP) is 1.13. The first-order valence-electron chi connectivity index (χ1n) is 4.14. The van der Waals surface area contributed by atoms with Crippen LogP contribution in [0.2, 0.25) is 0 Å². The summed E-state index contributed by atoms with van der Waals surface area (Å²) in [6, 6.07) is 1.74. The summed E-state index contributed by atoms with van der Waals surface area (Å²) in [6.07, 6.45) is 3.07. The number of hydrogen-bond donors (Lipinski definition) is 2. The maximum Gasteiger partial charge on any atom is 0.280 e. The Labute approximate surface area is 92.8 Å².